The van der Waals surface area contributed by atoms with Gasteiger partial charge in [-0.2, -0.15) is 4.31 Å². The first-order chi connectivity index (χ1) is 12.4. The van der Waals surface area contributed by atoms with Gasteiger partial charge in [0.15, 0.2) is 0 Å². The number of fused-ring (bicyclic) bond motifs is 2. The van der Waals surface area contributed by atoms with E-state index in [-0.39, 0.29) is 11.5 Å². The van der Waals surface area contributed by atoms with E-state index in [2.05, 4.69) is 5.32 Å². The average Bonchev–Trinajstić information content (AvgIpc) is 3.15. The molecule has 0 spiro atoms. The third kappa shape index (κ3) is 3.27. The third-order valence-electron chi connectivity index (χ3n) is 6.31. The molecule has 7 heteroatoms. The number of halogens is 1. The Bertz CT molecular complexity index is 807. The molecular formula is C19H25FN2O3S. The minimum atomic E-state index is -3.85. The molecule has 26 heavy (non-hydrogen) atoms. The van der Waals surface area contributed by atoms with Crippen molar-refractivity contribution in [1.82, 2.24) is 9.62 Å². The second kappa shape index (κ2) is 6.93. The summed E-state index contributed by atoms with van der Waals surface area (Å²) in [4.78, 5) is 12.0. The number of carbonyl (C=O) groups is 1. The third-order valence-corrected chi connectivity index (χ3v) is 8.23. The topological polar surface area (TPSA) is 66.5 Å². The van der Waals surface area contributed by atoms with Gasteiger partial charge in [0.05, 0.1) is 0 Å². The van der Waals surface area contributed by atoms with Crippen LogP contribution in [0.4, 0.5) is 4.39 Å². The van der Waals surface area contributed by atoms with Crippen molar-refractivity contribution in [2.75, 3.05) is 19.6 Å². The fraction of sp³-hybridized carbons (Fsp3) is 0.632. The van der Waals surface area contributed by atoms with Crippen LogP contribution in [0, 0.1) is 23.6 Å². The minimum Gasteiger partial charge on any atom is -0.352 e. The van der Waals surface area contributed by atoms with Crippen LogP contribution in [0.15, 0.2) is 23.1 Å². The van der Waals surface area contributed by atoms with E-state index in [1.807, 2.05) is 0 Å². The molecule has 142 valence electrons. The molecule has 2 saturated carbocycles. The highest BCUT2D eigenvalue weighted by Gasteiger charge is 2.39. The molecule has 0 aromatic heterocycles. The molecule has 3 aliphatic rings. The largest absolute Gasteiger partial charge is 0.352 e. The van der Waals surface area contributed by atoms with Crippen LogP contribution < -0.4 is 5.32 Å². The van der Waals surface area contributed by atoms with Crippen molar-refractivity contribution in [3.05, 3.63) is 29.6 Å². The lowest BCUT2D eigenvalue weighted by molar-refractivity contribution is 0.0949. The Kier molecular flexibility index (Phi) is 4.77. The molecule has 3 fully saturated rings. The van der Waals surface area contributed by atoms with E-state index in [4.69, 9.17) is 0 Å². The highest BCUT2D eigenvalue weighted by molar-refractivity contribution is 7.89. The number of sulfonamides is 1. The van der Waals surface area contributed by atoms with Crippen molar-refractivity contribution >= 4 is 15.9 Å². The molecule has 0 radical (unpaired) electrons. The standard InChI is InChI=1S/C19H25FN2O3S/c20-17-5-4-16(12-18(17)26(24,25)22-8-1-9-22)19(23)21-7-6-15-11-13-2-3-14(15)10-13/h4-5,12-15H,1-3,6-11H2,(H,21,23). The number of amides is 1. The summed E-state index contributed by atoms with van der Waals surface area (Å²) in [5.41, 5.74) is 0.193. The molecule has 1 heterocycles. The van der Waals surface area contributed by atoms with Crippen LogP contribution in [0.2, 0.25) is 0 Å². The molecule has 3 unspecified atom stereocenters. The Balaban J connectivity index is 1.39. The Morgan fingerprint density at radius 2 is 2.04 bits per heavy atom. The van der Waals surface area contributed by atoms with E-state index in [1.165, 1.54) is 36.1 Å². The zero-order valence-corrected chi connectivity index (χ0v) is 15.6. The normalized spacial score (nSPS) is 28.1. The van der Waals surface area contributed by atoms with Gasteiger partial charge in [-0.1, -0.05) is 6.42 Å². The van der Waals surface area contributed by atoms with Gasteiger partial charge < -0.3 is 5.32 Å². The molecule has 1 aromatic carbocycles. The van der Waals surface area contributed by atoms with Gasteiger partial charge in [0.25, 0.3) is 5.91 Å². The van der Waals surface area contributed by atoms with Gasteiger partial charge in [-0.25, -0.2) is 12.8 Å². The molecule has 2 aliphatic carbocycles. The lowest BCUT2D eigenvalue weighted by Crippen LogP contribution is -2.42. The number of rotatable bonds is 6. The van der Waals surface area contributed by atoms with E-state index in [9.17, 15) is 17.6 Å². The Hall–Kier alpha value is -1.47. The van der Waals surface area contributed by atoms with Crippen LogP contribution in [-0.4, -0.2) is 38.3 Å². The maximum Gasteiger partial charge on any atom is 0.251 e. The van der Waals surface area contributed by atoms with E-state index < -0.39 is 20.7 Å². The fourth-order valence-corrected chi connectivity index (χ4v) is 6.32. The summed E-state index contributed by atoms with van der Waals surface area (Å²) in [7, 11) is -3.85. The second-order valence-corrected chi connectivity index (χ2v) is 9.79. The van der Waals surface area contributed by atoms with Crippen molar-refractivity contribution in [3.8, 4) is 0 Å². The van der Waals surface area contributed by atoms with Crippen molar-refractivity contribution in [3.63, 3.8) is 0 Å². The number of hydrogen-bond donors (Lipinski definition) is 1. The number of nitrogens with zero attached hydrogens (tertiary/aromatic N) is 1. The summed E-state index contributed by atoms with van der Waals surface area (Å²) >= 11 is 0. The van der Waals surface area contributed by atoms with Crippen molar-refractivity contribution in [1.29, 1.82) is 0 Å². The highest BCUT2D eigenvalue weighted by Crippen LogP contribution is 2.49. The monoisotopic (exact) mass is 380 g/mol. The van der Waals surface area contributed by atoms with Gasteiger partial charge in [0.1, 0.15) is 10.7 Å². The SMILES string of the molecule is O=C(NCCC1CC2CCC1C2)c1ccc(F)c(S(=O)(=O)N2CCC2)c1. The van der Waals surface area contributed by atoms with E-state index >= 15 is 0 Å². The van der Waals surface area contributed by atoms with Crippen molar-refractivity contribution in [2.24, 2.45) is 17.8 Å². The smallest absolute Gasteiger partial charge is 0.251 e. The number of benzene rings is 1. The van der Waals surface area contributed by atoms with Gasteiger partial charge in [-0.3, -0.25) is 4.79 Å². The number of carbonyl (C=O) groups excluding carboxylic acids is 1. The fourth-order valence-electron chi connectivity index (χ4n) is 4.71. The van der Waals surface area contributed by atoms with Gasteiger partial charge in [-0.15, -0.1) is 0 Å². The van der Waals surface area contributed by atoms with Crippen LogP contribution in [0.1, 0.15) is 48.9 Å². The van der Waals surface area contributed by atoms with Crippen molar-refractivity contribution in [2.45, 2.75) is 43.4 Å². The maximum absolute atomic E-state index is 14.1. The lowest BCUT2D eigenvalue weighted by atomic mass is 9.86. The predicted octanol–water partition coefficient (Wildman–Crippen LogP) is 2.78. The summed E-state index contributed by atoms with van der Waals surface area (Å²) < 4.78 is 40.1. The molecule has 1 aromatic rings. The second-order valence-electron chi connectivity index (χ2n) is 7.88. The Morgan fingerprint density at radius 3 is 2.65 bits per heavy atom. The quantitative estimate of drug-likeness (QED) is 0.825. The van der Waals surface area contributed by atoms with E-state index in [0.29, 0.717) is 25.6 Å². The summed E-state index contributed by atoms with van der Waals surface area (Å²) in [5.74, 6) is 1.25. The first-order valence-corrected chi connectivity index (χ1v) is 11.0. The molecule has 1 aliphatic heterocycles. The molecule has 3 atom stereocenters. The Morgan fingerprint density at radius 1 is 1.23 bits per heavy atom. The summed E-state index contributed by atoms with van der Waals surface area (Å²) in [6, 6.07) is 3.57. The first-order valence-electron chi connectivity index (χ1n) is 9.53. The molecule has 1 N–H and O–H groups in total. The summed E-state index contributed by atoms with van der Waals surface area (Å²) in [5, 5.41) is 2.87. The molecule has 1 saturated heterocycles. The molecule has 1 amide bonds. The van der Waals surface area contributed by atoms with Crippen LogP contribution in [-0.2, 0) is 10.0 Å². The zero-order chi connectivity index (χ0) is 18.3. The number of hydrogen-bond acceptors (Lipinski definition) is 3. The average molecular weight is 380 g/mol. The van der Waals surface area contributed by atoms with E-state index in [0.717, 1.165) is 36.8 Å². The number of nitrogens with one attached hydrogen (secondary N) is 1. The highest BCUT2D eigenvalue weighted by atomic mass is 32.2. The predicted molar refractivity (Wildman–Crippen MR) is 95.7 cm³/mol. The first kappa shape index (κ1) is 17.9. The summed E-state index contributed by atoms with van der Waals surface area (Å²) in [6.07, 6.45) is 7.04. The molecule has 4 rings (SSSR count). The van der Waals surface area contributed by atoms with Crippen LogP contribution in [0.3, 0.4) is 0 Å². The van der Waals surface area contributed by atoms with E-state index in [1.54, 1.807) is 0 Å². The lowest BCUT2D eigenvalue weighted by Gasteiger charge is -2.29. The van der Waals surface area contributed by atoms with Gasteiger partial charge in [0.2, 0.25) is 10.0 Å². The van der Waals surface area contributed by atoms with Gasteiger partial charge >= 0.3 is 0 Å². The van der Waals surface area contributed by atoms with Gasteiger partial charge in [0, 0.05) is 25.2 Å². The molecule has 2 bridgehead atoms. The van der Waals surface area contributed by atoms with Gasteiger partial charge in [-0.05, 0) is 68.1 Å². The molecular weight excluding hydrogens is 355 g/mol. The molecule has 5 nitrogen and oxygen atoms in total. The Labute approximate surface area is 154 Å². The van der Waals surface area contributed by atoms with Crippen LogP contribution in [0.5, 0.6) is 0 Å². The zero-order valence-electron chi connectivity index (χ0n) is 14.8. The van der Waals surface area contributed by atoms with Crippen LogP contribution in [0.25, 0.3) is 0 Å². The summed E-state index contributed by atoms with van der Waals surface area (Å²) in [6.45, 7) is 1.39. The van der Waals surface area contributed by atoms with Crippen molar-refractivity contribution < 1.29 is 17.6 Å². The van der Waals surface area contributed by atoms with Crippen LogP contribution >= 0.6 is 0 Å². The minimum absolute atomic E-state index is 0.193. The maximum atomic E-state index is 14.1.